The molecule has 1 fully saturated rings. The van der Waals surface area contributed by atoms with Gasteiger partial charge in [0.1, 0.15) is 24.2 Å². The Morgan fingerprint density at radius 2 is 2.23 bits per heavy atom. The maximum atomic E-state index is 13.0. The predicted octanol–water partition coefficient (Wildman–Crippen LogP) is 2.82. The van der Waals surface area contributed by atoms with Gasteiger partial charge >= 0.3 is 5.97 Å². The van der Waals surface area contributed by atoms with Gasteiger partial charge in [-0.3, -0.25) is 4.79 Å². The van der Waals surface area contributed by atoms with Crippen molar-refractivity contribution in [3.63, 3.8) is 0 Å². The summed E-state index contributed by atoms with van der Waals surface area (Å²) in [6.07, 6.45) is 1.26. The Balaban J connectivity index is 1.65. The molecule has 1 aliphatic heterocycles. The van der Waals surface area contributed by atoms with Crippen LogP contribution in [0.1, 0.15) is 29.1 Å². The molecule has 1 amide bonds. The lowest BCUT2D eigenvalue weighted by molar-refractivity contribution is -0.145. The van der Waals surface area contributed by atoms with Crippen LogP contribution in [-0.4, -0.2) is 41.6 Å². The first-order valence-electron chi connectivity index (χ1n) is 7.92. The standard InChI is InChI=1S/C17H16ClFN2O5/c1-24-17(23)14-3-2-6-21(14)16(22)13-8-11(26-20-13)9-25-15-5-4-10(19)7-12(15)18/h4-5,7-8,14H,2-3,6,9H2,1H3/t14-/m0/s1. The van der Waals surface area contributed by atoms with Crippen molar-refractivity contribution in [2.45, 2.75) is 25.5 Å². The van der Waals surface area contributed by atoms with Gasteiger partial charge < -0.3 is 18.9 Å². The molecule has 138 valence electrons. The molecule has 0 saturated carbocycles. The molecule has 0 unspecified atom stereocenters. The number of hydrogen-bond acceptors (Lipinski definition) is 6. The van der Waals surface area contributed by atoms with Gasteiger partial charge in [-0.25, -0.2) is 9.18 Å². The van der Waals surface area contributed by atoms with Crippen LogP contribution in [0.2, 0.25) is 5.02 Å². The van der Waals surface area contributed by atoms with Gasteiger partial charge in [0.25, 0.3) is 5.91 Å². The maximum absolute atomic E-state index is 13.0. The second kappa shape index (κ2) is 7.74. The normalized spacial score (nSPS) is 16.6. The lowest BCUT2D eigenvalue weighted by atomic mass is 10.2. The minimum atomic E-state index is -0.609. The van der Waals surface area contributed by atoms with Gasteiger partial charge in [-0.2, -0.15) is 0 Å². The van der Waals surface area contributed by atoms with Gasteiger partial charge in [0, 0.05) is 12.6 Å². The highest BCUT2D eigenvalue weighted by Gasteiger charge is 2.36. The first kappa shape index (κ1) is 18.2. The molecule has 1 atom stereocenters. The Morgan fingerprint density at radius 3 is 2.96 bits per heavy atom. The number of benzene rings is 1. The van der Waals surface area contributed by atoms with Crippen molar-refractivity contribution in [3.8, 4) is 5.75 Å². The van der Waals surface area contributed by atoms with Crippen molar-refractivity contribution < 1.29 is 28.0 Å². The Labute approximate surface area is 153 Å². The molecular formula is C17H16ClFN2O5. The third-order valence-electron chi connectivity index (χ3n) is 4.03. The summed E-state index contributed by atoms with van der Waals surface area (Å²) in [5.74, 6) is -0.757. The van der Waals surface area contributed by atoms with Gasteiger partial charge in [0.05, 0.1) is 12.1 Å². The van der Waals surface area contributed by atoms with Crippen LogP contribution >= 0.6 is 11.6 Å². The van der Waals surface area contributed by atoms with Crippen LogP contribution in [0.5, 0.6) is 5.75 Å². The number of amides is 1. The van der Waals surface area contributed by atoms with E-state index in [4.69, 9.17) is 25.6 Å². The number of likely N-dealkylation sites (tertiary alicyclic amines) is 1. The highest BCUT2D eigenvalue weighted by Crippen LogP contribution is 2.26. The van der Waals surface area contributed by atoms with E-state index in [9.17, 15) is 14.0 Å². The summed E-state index contributed by atoms with van der Waals surface area (Å²) in [7, 11) is 1.29. The molecule has 9 heteroatoms. The molecule has 3 rings (SSSR count). The van der Waals surface area contributed by atoms with E-state index in [0.29, 0.717) is 25.1 Å². The van der Waals surface area contributed by atoms with E-state index >= 15 is 0 Å². The molecule has 1 aliphatic rings. The number of ether oxygens (including phenoxy) is 2. The van der Waals surface area contributed by atoms with Crippen molar-refractivity contribution in [3.05, 3.63) is 46.6 Å². The number of hydrogen-bond donors (Lipinski definition) is 0. The molecule has 2 aromatic rings. The SMILES string of the molecule is COC(=O)[C@@H]1CCCN1C(=O)c1cc(COc2ccc(F)cc2Cl)on1. The molecule has 0 spiro atoms. The lowest BCUT2D eigenvalue weighted by Gasteiger charge is -2.21. The zero-order valence-electron chi connectivity index (χ0n) is 13.9. The fourth-order valence-electron chi connectivity index (χ4n) is 2.76. The summed E-state index contributed by atoms with van der Waals surface area (Å²) in [4.78, 5) is 25.7. The van der Waals surface area contributed by atoms with Crippen LogP contribution < -0.4 is 4.74 Å². The van der Waals surface area contributed by atoms with Gasteiger partial charge in [0.2, 0.25) is 0 Å². The molecular weight excluding hydrogens is 367 g/mol. The lowest BCUT2D eigenvalue weighted by Crippen LogP contribution is -2.41. The summed E-state index contributed by atoms with van der Waals surface area (Å²) >= 11 is 5.88. The predicted molar refractivity (Wildman–Crippen MR) is 88.3 cm³/mol. The van der Waals surface area contributed by atoms with Crippen LogP contribution in [0, 0.1) is 5.82 Å². The summed E-state index contributed by atoms with van der Waals surface area (Å²) in [6, 6.07) is 4.57. The van der Waals surface area contributed by atoms with Crippen LogP contribution in [0.25, 0.3) is 0 Å². The fourth-order valence-corrected chi connectivity index (χ4v) is 2.98. The van der Waals surface area contributed by atoms with Gasteiger partial charge in [0.15, 0.2) is 11.5 Å². The molecule has 1 aromatic heterocycles. The zero-order valence-corrected chi connectivity index (χ0v) is 14.7. The summed E-state index contributed by atoms with van der Waals surface area (Å²) in [5, 5.41) is 3.86. The Bertz CT molecular complexity index is 825. The number of methoxy groups -OCH3 is 1. The van der Waals surface area contributed by atoms with Crippen LogP contribution in [0.3, 0.4) is 0 Å². The van der Waals surface area contributed by atoms with Gasteiger partial charge in [-0.15, -0.1) is 0 Å². The molecule has 2 heterocycles. The average molecular weight is 383 g/mol. The van der Waals surface area contributed by atoms with E-state index in [0.717, 1.165) is 6.07 Å². The zero-order chi connectivity index (χ0) is 18.7. The highest BCUT2D eigenvalue weighted by molar-refractivity contribution is 6.32. The molecule has 0 radical (unpaired) electrons. The first-order chi connectivity index (χ1) is 12.5. The van der Waals surface area contributed by atoms with E-state index < -0.39 is 23.7 Å². The minimum absolute atomic E-state index is 0.0357. The van der Waals surface area contributed by atoms with Crippen LogP contribution in [0.15, 0.2) is 28.8 Å². The minimum Gasteiger partial charge on any atom is -0.484 e. The van der Waals surface area contributed by atoms with E-state index in [-0.39, 0.29) is 23.1 Å². The van der Waals surface area contributed by atoms with Gasteiger partial charge in [-0.1, -0.05) is 16.8 Å². The molecule has 0 bridgehead atoms. The van der Waals surface area contributed by atoms with E-state index in [1.54, 1.807) is 0 Å². The highest BCUT2D eigenvalue weighted by atomic mass is 35.5. The van der Waals surface area contributed by atoms with Crippen LogP contribution in [0.4, 0.5) is 4.39 Å². The summed E-state index contributed by atoms with van der Waals surface area (Å²) in [6.45, 7) is 0.411. The Morgan fingerprint density at radius 1 is 1.42 bits per heavy atom. The largest absolute Gasteiger partial charge is 0.484 e. The molecule has 0 N–H and O–H groups in total. The third kappa shape index (κ3) is 3.80. The molecule has 1 saturated heterocycles. The van der Waals surface area contributed by atoms with Gasteiger partial charge in [-0.05, 0) is 31.0 Å². The monoisotopic (exact) mass is 382 g/mol. The smallest absolute Gasteiger partial charge is 0.328 e. The number of esters is 1. The second-order valence-corrected chi connectivity index (χ2v) is 6.13. The second-order valence-electron chi connectivity index (χ2n) is 5.72. The van der Waals surface area contributed by atoms with Crippen molar-refractivity contribution >= 4 is 23.5 Å². The van der Waals surface area contributed by atoms with E-state index in [1.165, 1.54) is 30.2 Å². The summed E-state index contributed by atoms with van der Waals surface area (Å²) in [5.41, 5.74) is 0.0737. The average Bonchev–Trinajstić information content (AvgIpc) is 3.29. The van der Waals surface area contributed by atoms with Crippen molar-refractivity contribution in [2.24, 2.45) is 0 Å². The van der Waals surface area contributed by atoms with E-state index in [1.807, 2.05) is 0 Å². The molecule has 0 aliphatic carbocycles. The van der Waals surface area contributed by atoms with Crippen molar-refractivity contribution in [1.82, 2.24) is 10.1 Å². The van der Waals surface area contributed by atoms with Crippen molar-refractivity contribution in [2.75, 3.05) is 13.7 Å². The fraction of sp³-hybridized carbons (Fsp3) is 0.353. The molecule has 1 aromatic carbocycles. The maximum Gasteiger partial charge on any atom is 0.328 e. The Hall–Kier alpha value is -2.61. The molecule has 26 heavy (non-hydrogen) atoms. The summed E-state index contributed by atoms with van der Waals surface area (Å²) < 4.78 is 28.3. The van der Waals surface area contributed by atoms with E-state index in [2.05, 4.69) is 5.16 Å². The molecule has 7 nitrogen and oxygen atoms in total. The Kier molecular flexibility index (Phi) is 5.41. The third-order valence-corrected chi connectivity index (χ3v) is 4.32. The van der Waals surface area contributed by atoms with Crippen LogP contribution in [-0.2, 0) is 16.1 Å². The number of nitrogens with zero attached hydrogens (tertiary/aromatic N) is 2. The number of aromatic nitrogens is 1. The number of carbonyl (C=O) groups is 2. The van der Waals surface area contributed by atoms with Crippen molar-refractivity contribution in [1.29, 1.82) is 0 Å². The number of rotatable bonds is 5. The quantitative estimate of drug-likeness (QED) is 0.739. The first-order valence-corrected chi connectivity index (χ1v) is 8.29. The number of halogens is 2. The number of carbonyl (C=O) groups excluding carboxylic acids is 2. The topological polar surface area (TPSA) is 81.9 Å².